The molecule has 3 unspecified atom stereocenters. The van der Waals surface area contributed by atoms with E-state index in [4.69, 9.17) is 4.74 Å². The normalized spacial score (nSPS) is 19.8. The number of hydrogen-bond acceptors (Lipinski definition) is 5. The van der Waals surface area contributed by atoms with Gasteiger partial charge in [-0.2, -0.15) is 22.0 Å². The van der Waals surface area contributed by atoms with Crippen LogP contribution in [0.1, 0.15) is 81.8 Å². The molecule has 41 heavy (non-hydrogen) atoms. The van der Waals surface area contributed by atoms with Crippen molar-refractivity contribution in [2.45, 2.75) is 88.1 Å². The molecule has 2 aromatic rings. The SMILES string of the molecule is CC1(c2ccccc2O)COc2cc(O)ccc2C1CCCC(=O)CCCCCS(=O)CCCC(F)(F)C(F)(F)F. The number of ketones is 1. The Labute approximate surface area is 239 Å². The van der Waals surface area contributed by atoms with Crippen LogP contribution in [0.15, 0.2) is 42.5 Å². The van der Waals surface area contributed by atoms with Crippen molar-refractivity contribution in [3.63, 3.8) is 0 Å². The summed E-state index contributed by atoms with van der Waals surface area (Å²) in [7, 11) is -1.48. The van der Waals surface area contributed by atoms with E-state index < -0.39 is 41.2 Å². The van der Waals surface area contributed by atoms with Gasteiger partial charge < -0.3 is 14.9 Å². The van der Waals surface area contributed by atoms with E-state index in [9.17, 15) is 41.2 Å². The summed E-state index contributed by atoms with van der Waals surface area (Å²) < 4.78 is 80.4. The Kier molecular flexibility index (Phi) is 11.2. The van der Waals surface area contributed by atoms with Gasteiger partial charge in [0.25, 0.3) is 0 Å². The number of alkyl halides is 5. The van der Waals surface area contributed by atoms with Crippen molar-refractivity contribution >= 4 is 16.6 Å². The van der Waals surface area contributed by atoms with E-state index in [1.165, 1.54) is 0 Å². The lowest BCUT2D eigenvalue weighted by Crippen LogP contribution is -2.40. The van der Waals surface area contributed by atoms with Crippen LogP contribution < -0.4 is 4.74 Å². The van der Waals surface area contributed by atoms with Crippen molar-refractivity contribution in [3.05, 3.63) is 53.6 Å². The van der Waals surface area contributed by atoms with Crippen LogP contribution in [0, 0.1) is 0 Å². The monoisotopic (exact) mass is 604 g/mol. The molecule has 2 aromatic carbocycles. The highest BCUT2D eigenvalue weighted by atomic mass is 32.2. The number of carbonyl (C=O) groups is 1. The second kappa shape index (κ2) is 14.0. The number of unbranched alkanes of at least 4 members (excludes halogenated alkanes) is 2. The van der Waals surface area contributed by atoms with E-state index in [0.29, 0.717) is 57.3 Å². The molecule has 0 aromatic heterocycles. The third-order valence-corrected chi connectivity index (χ3v) is 9.23. The number of aromatic hydroxyl groups is 2. The maximum atomic E-state index is 12.9. The van der Waals surface area contributed by atoms with Crippen molar-refractivity contribution in [2.24, 2.45) is 0 Å². The maximum Gasteiger partial charge on any atom is 0.453 e. The Balaban J connectivity index is 1.44. The maximum absolute atomic E-state index is 12.9. The molecule has 11 heteroatoms. The van der Waals surface area contributed by atoms with Gasteiger partial charge in [-0.25, -0.2) is 0 Å². The highest BCUT2D eigenvalue weighted by molar-refractivity contribution is 7.84. The molecule has 2 N–H and O–H groups in total. The molecule has 0 radical (unpaired) electrons. The van der Waals surface area contributed by atoms with Gasteiger partial charge in [-0.3, -0.25) is 9.00 Å². The van der Waals surface area contributed by atoms with Crippen LogP contribution >= 0.6 is 0 Å². The largest absolute Gasteiger partial charge is 0.508 e. The number of phenolic OH excluding ortho intramolecular Hbond substituents is 2. The Bertz CT molecular complexity index is 1200. The minimum atomic E-state index is -5.59. The fraction of sp³-hybridized carbons (Fsp3) is 0.567. The van der Waals surface area contributed by atoms with Crippen LogP contribution in [0.25, 0.3) is 0 Å². The Morgan fingerprint density at radius 3 is 2.37 bits per heavy atom. The van der Waals surface area contributed by atoms with Gasteiger partial charge in [-0.1, -0.05) is 37.6 Å². The number of ether oxygens (including phenoxy) is 1. The van der Waals surface area contributed by atoms with Crippen LogP contribution in [0.4, 0.5) is 22.0 Å². The molecule has 1 heterocycles. The molecule has 228 valence electrons. The molecule has 0 saturated carbocycles. The van der Waals surface area contributed by atoms with Crippen molar-refractivity contribution < 1.29 is 45.9 Å². The summed E-state index contributed by atoms with van der Waals surface area (Å²) in [6.07, 6.45) is -3.77. The number of fused-ring (bicyclic) bond motifs is 1. The minimum absolute atomic E-state index is 0.0704. The third kappa shape index (κ3) is 8.66. The van der Waals surface area contributed by atoms with E-state index in [1.54, 1.807) is 24.3 Å². The van der Waals surface area contributed by atoms with Crippen LogP contribution in [-0.4, -0.2) is 50.4 Å². The number of Topliss-reactive ketones (excluding diaryl/α,β-unsaturated/α-hetero) is 1. The molecular weight excluding hydrogens is 567 g/mol. The number of hydrogen-bond donors (Lipinski definition) is 2. The summed E-state index contributed by atoms with van der Waals surface area (Å²) in [6.45, 7) is 2.32. The van der Waals surface area contributed by atoms with Gasteiger partial charge in [-0.05, 0) is 49.8 Å². The first-order valence-electron chi connectivity index (χ1n) is 13.8. The average Bonchev–Trinajstić information content (AvgIpc) is 2.89. The van der Waals surface area contributed by atoms with Crippen molar-refractivity contribution in [2.75, 3.05) is 18.1 Å². The first-order chi connectivity index (χ1) is 19.2. The van der Waals surface area contributed by atoms with E-state index in [0.717, 1.165) is 11.1 Å². The average molecular weight is 605 g/mol. The molecule has 5 nitrogen and oxygen atoms in total. The summed E-state index contributed by atoms with van der Waals surface area (Å²) in [6, 6.07) is 12.1. The zero-order chi connectivity index (χ0) is 30.3. The van der Waals surface area contributed by atoms with Gasteiger partial charge in [0.05, 0.1) is 6.61 Å². The van der Waals surface area contributed by atoms with Crippen molar-refractivity contribution in [3.8, 4) is 17.2 Å². The first-order valence-corrected chi connectivity index (χ1v) is 15.3. The molecule has 3 rings (SSSR count). The molecule has 3 atom stereocenters. The topological polar surface area (TPSA) is 83.8 Å². The van der Waals surface area contributed by atoms with Gasteiger partial charge in [0.1, 0.15) is 23.0 Å². The summed E-state index contributed by atoms with van der Waals surface area (Å²) >= 11 is 0. The van der Waals surface area contributed by atoms with Gasteiger partial charge in [0.15, 0.2) is 0 Å². The van der Waals surface area contributed by atoms with E-state index in [1.807, 2.05) is 25.1 Å². The smallest absolute Gasteiger partial charge is 0.453 e. The summed E-state index contributed by atoms with van der Waals surface area (Å²) in [5.41, 5.74) is 1.10. The molecule has 0 aliphatic carbocycles. The van der Waals surface area contributed by atoms with E-state index in [2.05, 4.69) is 0 Å². The number of phenols is 2. The lowest BCUT2D eigenvalue weighted by atomic mass is 9.66. The van der Waals surface area contributed by atoms with Gasteiger partial charge in [0.2, 0.25) is 0 Å². The number of rotatable bonds is 15. The standard InChI is InChI=1S/C30H37F5O5S/c1-28(25-11-4-5-13-26(25)38)20-40-27-19-22(37)14-15-23(27)24(28)12-7-10-21(36)9-3-2-6-17-41(39)18-8-16-29(31,32)30(33,34)35/h4-5,11,13-15,19,24,37-38H,2-3,6-10,12,16-18,20H2,1H3. The predicted octanol–water partition coefficient (Wildman–Crippen LogP) is 7.56. The Morgan fingerprint density at radius 1 is 0.976 bits per heavy atom. The second-order valence-electron chi connectivity index (χ2n) is 10.9. The minimum Gasteiger partial charge on any atom is -0.508 e. The highest BCUT2D eigenvalue weighted by Gasteiger charge is 2.56. The fourth-order valence-corrected chi connectivity index (χ4v) is 6.59. The quantitative estimate of drug-likeness (QED) is 0.162. The molecule has 0 spiro atoms. The molecule has 0 bridgehead atoms. The lowest BCUT2D eigenvalue weighted by molar-refractivity contribution is -0.284. The third-order valence-electron chi connectivity index (χ3n) is 7.74. The zero-order valence-corrected chi connectivity index (χ0v) is 23.8. The molecule has 0 amide bonds. The number of para-hydroxylation sites is 1. The number of halogens is 5. The molecular formula is C30H37F5O5S. The summed E-state index contributed by atoms with van der Waals surface area (Å²) in [5, 5.41) is 20.5. The first kappa shape index (κ1) is 32.8. The zero-order valence-electron chi connectivity index (χ0n) is 23.0. The lowest BCUT2D eigenvalue weighted by Gasteiger charge is -2.43. The highest BCUT2D eigenvalue weighted by Crippen LogP contribution is 2.51. The van der Waals surface area contributed by atoms with Gasteiger partial charge >= 0.3 is 12.1 Å². The van der Waals surface area contributed by atoms with Crippen LogP contribution in [0.3, 0.4) is 0 Å². The van der Waals surface area contributed by atoms with Gasteiger partial charge in [0, 0.05) is 64.5 Å². The van der Waals surface area contributed by atoms with Gasteiger partial charge in [-0.15, -0.1) is 0 Å². The van der Waals surface area contributed by atoms with Crippen LogP contribution in [0.5, 0.6) is 17.2 Å². The molecule has 1 aliphatic rings. The molecule has 1 aliphatic heterocycles. The van der Waals surface area contributed by atoms with E-state index >= 15 is 0 Å². The van der Waals surface area contributed by atoms with Crippen LogP contribution in [-0.2, 0) is 21.0 Å². The Morgan fingerprint density at radius 2 is 1.66 bits per heavy atom. The molecule has 0 saturated heterocycles. The second-order valence-corrected chi connectivity index (χ2v) is 12.6. The number of benzene rings is 2. The van der Waals surface area contributed by atoms with Crippen LogP contribution in [0.2, 0.25) is 0 Å². The van der Waals surface area contributed by atoms with E-state index in [-0.39, 0.29) is 34.7 Å². The van der Waals surface area contributed by atoms with Crippen molar-refractivity contribution in [1.29, 1.82) is 0 Å². The Hall–Kier alpha value is -2.69. The summed E-state index contributed by atoms with van der Waals surface area (Å²) in [4.78, 5) is 12.6. The predicted molar refractivity (Wildman–Crippen MR) is 147 cm³/mol. The number of carbonyl (C=O) groups excluding carboxylic acids is 1. The fourth-order valence-electron chi connectivity index (χ4n) is 5.39. The van der Waals surface area contributed by atoms with Crippen molar-refractivity contribution in [1.82, 2.24) is 0 Å². The molecule has 0 fully saturated rings. The summed E-state index contributed by atoms with van der Waals surface area (Å²) in [5.74, 6) is -3.91.